The van der Waals surface area contributed by atoms with E-state index in [1.807, 2.05) is 24.4 Å². The fourth-order valence-electron chi connectivity index (χ4n) is 4.64. The minimum absolute atomic E-state index is 0.290. The number of likely N-dealkylation sites (N-methyl/N-ethyl adjacent to an activating group) is 1. The van der Waals surface area contributed by atoms with E-state index in [9.17, 15) is 4.79 Å². The number of fused-ring (bicyclic) bond motifs is 3. The summed E-state index contributed by atoms with van der Waals surface area (Å²) in [6.45, 7) is 5.10. The second-order valence-corrected chi connectivity index (χ2v) is 8.55. The molecule has 1 amide bonds. The highest BCUT2D eigenvalue weighted by atomic mass is 16.1. The first-order chi connectivity index (χ1) is 14.5. The van der Waals surface area contributed by atoms with E-state index in [4.69, 9.17) is 5.73 Å². The van der Waals surface area contributed by atoms with E-state index in [1.54, 1.807) is 0 Å². The van der Waals surface area contributed by atoms with Gasteiger partial charge in [-0.05, 0) is 36.9 Å². The number of rotatable bonds is 4. The van der Waals surface area contributed by atoms with Crippen molar-refractivity contribution in [3.05, 3.63) is 66.4 Å². The Balaban J connectivity index is 1.57. The van der Waals surface area contributed by atoms with Crippen molar-refractivity contribution in [3.8, 4) is 0 Å². The topological polar surface area (TPSA) is 78.2 Å². The molecule has 0 unspecified atom stereocenters. The van der Waals surface area contributed by atoms with Crippen molar-refractivity contribution < 1.29 is 4.79 Å². The highest BCUT2D eigenvalue weighted by Gasteiger charge is 2.33. The van der Waals surface area contributed by atoms with Crippen LogP contribution in [0.3, 0.4) is 0 Å². The normalized spacial score (nSPS) is 25.3. The van der Waals surface area contributed by atoms with Crippen LogP contribution in [0.15, 0.2) is 60.8 Å². The zero-order chi connectivity index (χ0) is 20.7. The SMILES string of the molecule is CN1CCN(CC2(c3ccc4[nH]c5ncccc5c4c3)C=CC(C(N)=O)C=C2)CC1. The molecule has 3 aromatic rings. The molecule has 0 atom stereocenters. The van der Waals surface area contributed by atoms with E-state index in [0.29, 0.717) is 0 Å². The predicted octanol–water partition coefficient (Wildman–Crippen LogP) is 2.43. The summed E-state index contributed by atoms with van der Waals surface area (Å²) in [7, 11) is 2.17. The van der Waals surface area contributed by atoms with Gasteiger partial charge >= 0.3 is 0 Å². The molecule has 1 aromatic carbocycles. The van der Waals surface area contributed by atoms with Crippen LogP contribution in [-0.4, -0.2) is 65.4 Å². The van der Waals surface area contributed by atoms with Gasteiger partial charge in [0.2, 0.25) is 5.91 Å². The number of carbonyl (C=O) groups excluding carboxylic acids is 1. The first kappa shape index (κ1) is 19.0. The number of piperazine rings is 1. The largest absolute Gasteiger partial charge is 0.369 e. The van der Waals surface area contributed by atoms with Crippen molar-refractivity contribution in [1.82, 2.24) is 19.8 Å². The van der Waals surface area contributed by atoms with Crippen LogP contribution in [0.4, 0.5) is 0 Å². The molecule has 0 spiro atoms. The molecule has 2 aliphatic rings. The summed E-state index contributed by atoms with van der Waals surface area (Å²) in [6.07, 6.45) is 10.1. The highest BCUT2D eigenvalue weighted by molar-refractivity contribution is 6.06. The number of nitrogens with one attached hydrogen (secondary N) is 1. The molecule has 6 nitrogen and oxygen atoms in total. The maximum Gasteiger partial charge on any atom is 0.228 e. The summed E-state index contributed by atoms with van der Waals surface area (Å²) >= 11 is 0. The maximum atomic E-state index is 11.7. The van der Waals surface area contributed by atoms with E-state index in [0.717, 1.165) is 49.3 Å². The number of nitrogens with zero attached hydrogens (tertiary/aromatic N) is 3. The third-order valence-corrected chi connectivity index (χ3v) is 6.52. The van der Waals surface area contributed by atoms with Crippen molar-refractivity contribution in [1.29, 1.82) is 0 Å². The Labute approximate surface area is 176 Å². The van der Waals surface area contributed by atoms with Crippen LogP contribution in [0, 0.1) is 5.92 Å². The van der Waals surface area contributed by atoms with E-state index < -0.39 is 0 Å². The highest BCUT2D eigenvalue weighted by Crippen LogP contribution is 2.36. The van der Waals surface area contributed by atoms with Gasteiger partial charge in [-0.2, -0.15) is 0 Å². The first-order valence-electron chi connectivity index (χ1n) is 10.5. The Bertz CT molecular complexity index is 1140. The summed E-state index contributed by atoms with van der Waals surface area (Å²) in [4.78, 5) is 24.5. The molecule has 1 aliphatic heterocycles. The lowest BCUT2D eigenvalue weighted by Gasteiger charge is -2.40. The van der Waals surface area contributed by atoms with Crippen LogP contribution in [0.25, 0.3) is 21.9 Å². The number of amides is 1. The minimum Gasteiger partial charge on any atom is -0.369 e. The average molecular weight is 402 g/mol. The van der Waals surface area contributed by atoms with Gasteiger partial charge in [0.1, 0.15) is 5.65 Å². The van der Waals surface area contributed by atoms with Crippen molar-refractivity contribution in [2.24, 2.45) is 11.7 Å². The van der Waals surface area contributed by atoms with Gasteiger partial charge in [0, 0.05) is 60.6 Å². The predicted molar refractivity (Wildman–Crippen MR) is 120 cm³/mol. The van der Waals surface area contributed by atoms with Crippen LogP contribution in [0.1, 0.15) is 5.56 Å². The lowest BCUT2D eigenvalue weighted by atomic mass is 9.75. The quantitative estimate of drug-likeness (QED) is 0.658. The number of hydrogen-bond acceptors (Lipinski definition) is 4. The number of primary amides is 1. The number of pyridine rings is 1. The third kappa shape index (κ3) is 3.32. The van der Waals surface area contributed by atoms with Gasteiger partial charge in [0.25, 0.3) is 0 Å². The lowest BCUT2D eigenvalue weighted by Crippen LogP contribution is -2.49. The van der Waals surface area contributed by atoms with Crippen molar-refractivity contribution in [2.75, 3.05) is 39.8 Å². The van der Waals surface area contributed by atoms with E-state index in [-0.39, 0.29) is 17.2 Å². The molecule has 5 rings (SSSR count). The van der Waals surface area contributed by atoms with Gasteiger partial charge in [-0.25, -0.2) is 4.98 Å². The molecule has 2 aromatic heterocycles. The Kier molecular flexibility index (Phi) is 4.68. The second kappa shape index (κ2) is 7.38. The lowest BCUT2D eigenvalue weighted by molar-refractivity contribution is -0.119. The zero-order valence-corrected chi connectivity index (χ0v) is 17.2. The van der Waals surface area contributed by atoms with Crippen LogP contribution in [0.2, 0.25) is 0 Å². The van der Waals surface area contributed by atoms with E-state index >= 15 is 0 Å². The third-order valence-electron chi connectivity index (χ3n) is 6.52. The molecule has 0 bridgehead atoms. The summed E-state index contributed by atoms with van der Waals surface area (Å²) < 4.78 is 0. The molecule has 1 aliphatic carbocycles. The summed E-state index contributed by atoms with van der Waals surface area (Å²) in [5.41, 5.74) is 8.46. The number of aromatic amines is 1. The monoisotopic (exact) mass is 401 g/mol. The van der Waals surface area contributed by atoms with E-state index in [1.165, 1.54) is 10.9 Å². The number of benzene rings is 1. The standard InChI is InChI=1S/C24H27N5O/c1-28-11-13-29(14-12-28)16-24(8-6-17(7-9-24)22(25)30)18-4-5-21-20(15-18)19-3-2-10-26-23(19)27-21/h2-10,15,17H,11-14,16H2,1H3,(H2,25,30)(H,26,27). The fraction of sp³-hybridized carbons (Fsp3) is 0.333. The second-order valence-electron chi connectivity index (χ2n) is 8.55. The van der Waals surface area contributed by atoms with Gasteiger partial charge in [0.05, 0.1) is 5.92 Å². The average Bonchev–Trinajstić information content (AvgIpc) is 3.14. The Morgan fingerprint density at radius 1 is 1.17 bits per heavy atom. The molecular formula is C24H27N5O. The number of nitrogens with two attached hydrogens (primary N) is 1. The number of carbonyl (C=O) groups is 1. The van der Waals surface area contributed by atoms with Crippen molar-refractivity contribution in [2.45, 2.75) is 5.41 Å². The Morgan fingerprint density at radius 2 is 1.93 bits per heavy atom. The van der Waals surface area contributed by atoms with E-state index in [2.05, 4.69) is 63.2 Å². The smallest absolute Gasteiger partial charge is 0.228 e. The molecule has 30 heavy (non-hydrogen) atoms. The molecule has 3 N–H and O–H groups in total. The molecule has 3 heterocycles. The van der Waals surface area contributed by atoms with Crippen LogP contribution in [-0.2, 0) is 10.2 Å². The Morgan fingerprint density at radius 3 is 2.67 bits per heavy atom. The van der Waals surface area contributed by atoms with Gasteiger partial charge in [0.15, 0.2) is 0 Å². The maximum absolute atomic E-state index is 11.7. The molecule has 6 heteroatoms. The molecule has 154 valence electrons. The fourth-order valence-corrected chi connectivity index (χ4v) is 4.64. The Hall–Kier alpha value is -2.96. The zero-order valence-electron chi connectivity index (χ0n) is 17.2. The summed E-state index contributed by atoms with van der Waals surface area (Å²) in [5, 5.41) is 2.30. The summed E-state index contributed by atoms with van der Waals surface area (Å²) in [6, 6.07) is 10.7. The molecule has 1 fully saturated rings. The van der Waals surface area contributed by atoms with Gasteiger partial charge in [-0.15, -0.1) is 0 Å². The summed E-state index contributed by atoms with van der Waals surface area (Å²) in [5.74, 6) is -0.652. The number of hydrogen-bond donors (Lipinski definition) is 2. The van der Waals surface area contributed by atoms with Gasteiger partial charge in [-0.1, -0.05) is 30.4 Å². The van der Waals surface area contributed by atoms with Crippen molar-refractivity contribution in [3.63, 3.8) is 0 Å². The van der Waals surface area contributed by atoms with Gasteiger partial charge in [-0.3, -0.25) is 9.69 Å². The number of H-pyrrole nitrogens is 1. The minimum atomic E-state index is -0.341. The first-order valence-corrected chi connectivity index (χ1v) is 10.5. The number of aromatic nitrogens is 2. The van der Waals surface area contributed by atoms with Crippen molar-refractivity contribution >= 4 is 27.8 Å². The van der Waals surface area contributed by atoms with Crippen LogP contribution >= 0.6 is 0 Å². The molecule has 1 saturated heterocycles. The van der Waals surface area contributed by atoms with Crippen LogP contribution < -0.4 is 5.73 Å². The van der Waals surface area contributed by atoms with Gasteiger partial charge < -0.3 is 15.6 Å². The molecule has 0 radical (unpaired) electrons. The van der Waals surface area contributed by atoms with Crippen LogP contribution in [0.5, 0.6) is 0 Å². The molecule has 0 saturated carbocycles. The molecular weight excluding hydrogens is 374 g/mol.